The molecule has 0 atom stereocenters. The second kappa shape index (κ2) is 5.80. The molecule has 2 aromatic carbocycles. The van der Waals surface area contributed by atoms with Gasteiger partial charge in [-0.15, -0.1) is 0 Å². The van der Waals surface area contributed by atoms with Gasteiger partial charge >= 0.3 is 0 Å². The molecule has 2 aromatic rings. The minimum atomic E-state index is 0.209. The molecule has 4 aliphatic rings. The number of nitrogens with two attached hydrogens (primary N) is 1. The van der Waals surface area contributed by atoms with E-state index < -0.39 is 0 Å². The first-order chi connectivity index (χ1) is 10.1. The van der Waals surface area contributed by atoms with E-state index in [9.17, 15) is 0 Å². The largest absolute Gasteiger partial charge is 0.491 e. The summed E-state index contributed by atoms with van der Waals surface area (Å²) in [5.41, 5.74) is 12.3. The smallest absolute Gasteiger partial charge is 0.123 e. The van der Waals surface area contributed by atoms with Gasteiger partial charge in [-0.2, -0.15) is 0 Å². The Bertz CT molecular complexity index is 646. The fraction of sp³-hybridized carbons (Fsp3) is 0.368. The van der Waals surface area contributed by atoms with Crippen molar-refractivity contribution in [1.82, 2.24) is 0 Å². The summed E-state index contributed by atoms with van der Waals surface area (Å²) < 4.78 is 6.01. The van der Waals surface area contributed by atoms with Gasteiger partial charge < -0.3 is 10.5 Å². The number of nitrogen functional groups attached to an aromatic ring is 1. The van der Waals surface area contributed by atoms with Crippen LogP contribution in [0.25, 0.3) is 0 Å². The van der Waals surface area contributed by atoms with Crippen LogP contribution in [0.3, 0.4) is 0 Å². The molecule has 0 saturated carbocycles. The van der Waals surface area contributed by atoms with Crippen LogP contribution in [0.2, 0.25) is 0 Å². The minimum absolute atomic E-state index is 0.209. The molecule has 2 heteroatoms. The number of benzene rings is 2. The Labute approximate surface area is 126 Å². The third-order valence-electron chi connectivity index (χ3n) is 4.07. The number of anilines is 1. The Morgan fingerprint density at radius 3 is 2.14 bits per heavy atom. The van der Waals surface area contributed by atoms with Crippen LogP contribution in [0.4, 0.5) is 5.69 Å². The molecular formula is C19H23NO. The van der Waals surface area contributed by atoms with Gasteiger partial charge in [-0.25, -0.2) is 0 Å². The molecule has 2 nitrogen and oxygen atoms in total. The highest BCUT2D eigenvalue weighted by Gasteiger charge is 2.11. The molecule has 0 fully saturated rings. The number of hydrogen-bond acceptors (Lipinski definition) is 2. The number of hydrogen-bond donors (Lipinski definition) is 1. The van der Waals surface area contributed by atoms with Crippen LogP contribution in [-0.4, -0.2) is 6.10 Å². The van der Waals surface area contributed by atoms with Gasteiger partial charge in [-0.05, 0) is 73.9 Å². The minimum Gasteiger partial charge on any atom is -0.491 e. The van der Waals surface area contributed by atoms with E-state index in [0.717, 1.165) is 37.1 Å². The summed E-state index contributed by atoms with van der Waals surface area (Å²) in [6.45, 7) is 4.16. The topological polar surface area (TPSA) is 35.2 Å². The second-order valence-corrected chi connectivity index (χ2v) is 6.14. The van der Waals surface area contributed by atoms with E-state index in [1.165, 1.54) is 22.3 Å². The third-order valence-corrected chi connectivity index (χ3v) is 4.07. The van der Waals surface area contributed by atoms with E-state index in [1.54, 1.807) is 0 Å². The molecule has 4 bridgehead atoms. The molecule has 2 N–H and O–H groups in total. The molecule has 0 amide bonds. The van der Waals surface area contributed by atoms with Crippen LogP contribution in [0, 0.1) is 0 Å². The van der Waals surface area contributed by atoms with Gasteiger partial charge in [0.05, 0.1) is 6.10 Å². The predicted octanol–water partition coefficient (Wildman–Crippen LogP) is 3.94. The zero-order chi connectivity index (χ0) is 14.8. The molecular weight excluding hydrogens is 258 g/mol. The van der Waals surface area contributed by atoms with Crippen LogP contribution in [0.1, 0.15) is 36.1 Å². The van der Waals surface area contributed by atoms with E-state index in [1.807, 2.05) is 0 Å². The van der Waals surface area contributed by atoms with Crippen LogP contribution in [0.15, 0.2) is 36.4 Å². The number of ether oxygens (including phenoxy) is 1. The van der Waals surface area contributed by atoms with Crippen LogP contribution < -0.4 is 10.5 Å². The van der Waals surface area contributed by atoms with Crippen molar-refractivity contribution in [3.63, 3.8) is 0 Å². The highest BCUT2D eigenvalue weighted by Crippen LogP contribution is 2.27. The fourth-order valence-corrected chi connectivity index (χ4v) is 2.91. The quantitative estimate of drug-likeness (QED) is 0.846. The summed E-state index contributed by atoms with van der Waals surface area (Å²) in [5.74, 6) is 1.05. The molecule has 0 saturated heterocycles. The van der Waals surface area contributed by atoms with Gasteiger partial charge in [-0.3, -0.25) is 0 Å². The highest BCUT2D eigenvalue weighted by molar-refractivity contribution is 5.50. The summed E-state index contributed by atoms with van der Waals surface area (Å²) in [6, 6.07) is 13.2. The Balaban J connectivity index is 1.97. The summed E-state index contributed by atoms with van der Waals surface area (Å²) >= 11 is 0. The maximum Gasteiger partial charge on any atom is 0.123 e. The maximum absolute atomic E-state index is 6.17. The monoisotopic (exact) mass is 281 g/mol. The number of rotatable bonds is 2. The zero-order valence-electron chi connectivity index (χ0n) is 12.9. The maximum atomic E-state index is 6.17. The van der Waals surface area contributed by atoms with Gasteiger partial charge in [0.1, 0.15) is 5.75 Å². The lowest BCUT2D eigenvalue weighted by Gasteiger charge is -2.17. The lowest BCUT2D eigenvalue weighted by Crippen LogP contribution is -2.09. The van der Waals surface area contributed by atoms with E-state index in [-0.39, 0.29) is 6.10 Å². The SMILES string of the molecule is CC(C)Oc1cc2ccc1CCc1ccc(c(N)c1)CC2. The Hall–Kier alpha value is -1.96. The van der Waals surface area contributed by atoms with Gasteiger partial charge in [0.2, 0.25) is 0 Å². The molecule has 110 valence electrons. The normalized spacial score (nSPS) is 14.0. The summed E-state index contributed by atoms with van der Waals surface area (Å²) in [4.78, 5) is 0. The second-order valence-electron chi connectivity index (χ2n) is 6.14. The average molecular weight is 281 g/mol. The lowest BCUT2D eigenvalue weighted by atomic mass is 9.95. The highest BCUT2D eigenvalue weighted by atomic mass is 16.5. The lowest BCUT2D eigenvalue weighted by molar-refractivity contribution is 0.239. The zero-order valence-corrected chi connectivity index (χ0v) is 12.9. The van der Waals surface area contributed by atoms with Crippen molar-refractivity contribution >= 4 is 5.69 Å². The Morgan fingerprint density at radius 2 is 1.48 bits per heavy atom. The van der Waals surface area contributed by atoms with Crippen molar-refractivity contribution in [3.05, 3.63) is 58.7 Å². The molecule has 4 aliphatic carbocycles. The fourth-order valence-electron chi connectivity index (χ4n) is 2.91. The van der Waals surface area contributed by atoms with E-state index in [0.29, 0.717) is 0 Å². The Morgan fingerprint density at radius 1 is 0.857 bits per heavy atom. The number of aryl methyl sites for hydroxylation is 4. The summed E-state index contributed by atoms with van der Waals surface area (Å²) in [6.07, 6.45) is 4.17. The first-order valence-electron chi connectivity index (χ1n) is 7.77. The molecule has 0 unspecified atom stereocenters. The molecule has 0 heterocycles. The van der Waals surface area contributed by atoms with Crippen molar-refractivity contribution in [2.45, 2.75) is 45.6 Å². The van der Waals surface area contributed by atoms with Gasteiger partial charge in [0.15, 0.2) is 0 Å². The first kappa shape index (κ1) is 14.0. The Kier molecular flexibility index (Phi) is 3.87. The molecule has 21 heavy (non-hydrogen) atoms. The van der Waals surface area contributed by atoms with E-state index in [4.69, 9.17) is 10.5 Å². The molecule has 0 spiro atoms. The van der Waals surface area contributed by atoms with Gasteiger partial charge in [0.25, 0.3) is 0 Å². The average Bonchev–Trinajstić information content (AvgIpc) is 2.42. The molecule has 0 radical (unpaired) electrons. The van der Waals surface area contributed by atoms with Crippen LogP contribution >= 0.6 is 0 Å². The molecule has 0 aromatic heterocycles. The molecule has 0 aliphatic heterocycles. The van der Waals surface area contributed by atoms with Gasteiger partial charge in [0, 0.05) is 5.69 Å². The van der Waals surface area contributed by atoms with Crippen molar-refractivity contribution in [2.24, 2.45) is 0 Å². The predicted molar refractivity (Wildman–Crippen MR) is 87.9 cm³/mol. The van der Waals surface area contributed by atoms with Crippen LogP contribution in [0.5, 0.6) is 5.75 Å². The third kappa shape index (κ3) is 3.21. The standard InChI is InChI=1S/C19H23NO/c1-13(2)21-19-12-15-4-8-16-7-3-14(11-18(16)20)5-9-17(19)10-6-15/h3,6-7,10-13H,4-5,8-9,20H2,1-2H3. The van der Waals surface area contributed by atoms with Crippen molar-refractivity contribution < 1.29 is 4.74 Å². The van der Waals surface area contributed by atoms with E-state index in [2.05, 4.69) is 50.2 Å². The molecule has 6 rings (SSSR count). The van der Waals surface area contributed by atoms with Crippen LogP contribution in [-0.2, 0) is 25.7 Å². The van der Waals surface area contributed by atoms with Crippen molar-refractivity contribution in [1.29, 1.82) is 0 Å². The van der Waals surface area contributed by atoms with Crippen molar-refractivity contribution in [3.8, 4) is 5.75 Å². The summed E-state index contributed by atoms with van der Waals surface area (Å²) in [5, 5.41) is 0. The van der Waals surface area contributed by atoms with E-state index >= 15 is 0 Å². The first-order valence-corrected chi connectivity index (χ1v) is 7.77. The van der Waals surface area contributed by atoms with Crippen molar-refractivity contribution in [2.75, 3.05) is 5.73 Å². The van der Waals surface area contributed by atoms with Gasteiger partial charge in [-0.1, -0.05) is 24.3 Å². The summed E-state index contributed by atoms with van der Waals surface area (Å²) in [7, 11) is 0.